The molecule has 1 aliphatic rings. The van der Waals surface area contributed by atoms with Gasteiger partial charge in [0.1, 0.15) is 11.5 Å². The second kappa shape index (κ2) is 8.96. The Morgan fingerprint density at radius 3 is 2.69 bits per heavy atom. The normalized spacial score (nSPS) is 17.3. The lowest BCUT2D eigenvalue weighted by molar-refractivity contribution is 0.0574. The van der Waals surface area contributed by atoms with E-state index in [-0.39, 0.29) is 17.7 Å². The van der Waals surface area contributed by atoms with Gasteiger partial charge in [0.25, 0.3) is 5.56 Å². The smallest absolute Gasteiger partial charge is 0.277 e. The molecule has 0 aliphatic heterocycles. The van der Waals surface area contributed by atoms with Crippen LogP contribution in [0.2, 0.25) is 5.02 Å². The van der Waals surface area contributed by atoms with Crippen LogP contribution in [0.4, 0.5) is 11.4 Å². The molecule has 0 radical (unpaired) electrons. The first-order chi connectivity index (χ1) is 15.3. The van der Waals surface area contributed by atoms with Crippen molar-refractivity contribution in [2.24, 2.45) is 7.05 Å². The van der Waals surface area contributed by atoms with Crippen LogP contribution in [0.15, 0.2) is 47.3 Å². The zero-order valence-corrected chi connectivity index (χ0v) is 19.9. The molecular formula is C25H29ClN4O2. The summed E-state index contributed by atoms with van der Waals surface area (Å²) in [6.07, 6.45) is 0.787. The summed E-state index contributed by atoms with van der Waals surface area (Å²) in [7, 11) is 5.65. The predicted octanol–water partition coefficient (Wildman–Crippen LogP) is 4.59. The summed E-state index contributed by atoms with van der Waals surface area (Å²) >= 11 is 6.56. The topological polar surface area (TPSA) is 59.4 Å². The van der Waals surface area contributed by atoms with Crippen LogP contribution in [0.3, 0.4) is 0 Å². The lowest BCUT2D eigenvalue weighted by atomic mass is 10.1. The number of benzene rings is 2. The van der Waals surface area contributed by atoms with Gasteiger partial charge in [0, 0.05) is 45.4 Å². The van der Waals surface area contributed by atoms with E-state index in [2.05, 4.69) is 17.4 Å². The minimum absolute atomic E-state index is 0.0331. The molecule has 0 fully saturated rings. The van der Waals surface area contributed by atoms with Crippen molar-refractivity contribution in [3.05, 3.63) is 74.7 Å². The van der Waals surface area contributed by atoms with E-state index in [0.717, 1.165) is 17.7 Å². The van der Waals surface area contributed by atoms with Gasteiger partial charge in [-0.25, -0.2) is 4.98 Å². The third-order valence-electron chi connectivity index (χ3n) is 6.05. The van der Waals surface area contributed by atoms with E-state index < -0.39 is 0 Å². The van der Waals surface area contributed by atoms with Crippen LogP contribution in [-0.2, 0) is 18.2 Å². The summed E-state index contributed by atoms with van der Waals surface area (Å²) in [6, 6.07) is 13.9. The maximum absolute atomic E-state index is 13.4. The standard InChI is InChI=1S/C25H29ClN4O2/c1-6-32-21-13-16-9-7-8-10-18(16)23(21)28-22-15(2)27-24(30(5)25(22)31)19-12-11-17(29(3)4)14-20(19)26/h7-12,14,21,23,28H,6,13H2,1-5H3/t21-,23?/m0/s1. The first-order valence-electron chi connectivity index (χ1n) is 10.8. The second-order valence-electron chi connectivity index (χ2n) is 8.34. The lowest BCUT2D eigenvalue weighted by Crippen LogP contribution is -2.31. The minimum Gasteiger partial charge on any atom is -0.378 e. The molecule has 6 nitrogen and oxygen atoms in total. The van der Waals surface area contributed by atoms with Crippen molar-refractivity contribution in [1.82, 2.24) is 9.55 Å². The van der Waals surface area contributed by atoms with Crippen LogP contribution >= 0.6 is 11.6 Å². The molecule has 3 aromatic rings. The van der Waals surface area contributed by atoms with E-state index in [4.69, 9.17) is 21.3 Å². The number of aromatic nitrogens is 2. The summed E-state index contributed by atoms with van der Waals surface area (Å²) in [5, 5.41) is 4.02. The molecule has 168 valence electrons. The molecule has 1 heterocycles. The molecule has 1 unspecified atom stereocenters. The molecule has 1 aliphatic carbocycles. The third-order valence-corrected chi connectivity index (χ3v) is 6.36. The van der Waals surface area contributed by atoms with Gasteiger partial charge in [-0.2, -0.15) is 0 Å². The number of aryl methyl sites for hydroxylation is 1. The summed E-state index contributed by atoms with van der Waals surface area (Å²) in [6.45, 7) is 4.46. The lowest BCUT2D eigenvalue weighted by Gasteiger charge is -2.24. The van der Waals surface area contributed by atoms with E-state index in [9.17, 15) is 4.79 Å². The zero-order chi connectivity index (χ0) is 23.0. The van der Waals surface area contributed by atoms with Crippen molar-refractivity contribution >= 4 is 23.0 Å². The first-order valence-corrected chi connectivity index (χ1v) is 11.2. The number of anilines is 2. The largest absolute Gasteiger partial charge is 0.378 e. The minimum atomic E-state index is -0.139. The summed E-state index contributed by atoms with van der Waals surface area (Å²) in [4.78, 5) is 20.2. The second-order valence-corrected chi connectivity index (χ2v) is 8.74. The Labute approximate surface area is 193 Å². The van der Waals surface area contributed by atoms with Gasteiger partial charge in [-0.05, 0) is 43.2 Å². The Kier molecular flexibility index (Phi) is 6.26. The maximum atomic E-state index is 13.4. The number of ether oxygens (including phenoxy) is 1. The SMILES string of the molecule is CCO[C@H]1Cc2ccccc2C1Nc1c(C)nc(-c2ccc(N(C)C)cc2Cl)n(C)c1=O. The average molecular weight is 453 g/mol. The summed E-state index contributed by atoms with van der Waals surface area (Å²) < 4.78 is 7.56. The van der Waals surface area contributed by atoms with Crippen LogP contribution in [0.1, 0.15) is 29.8 Å². The quantitative estimate of drug-likeness (QED) is 0.592. The first kappa shape index (κ1) is 22.4. The molecular weight excluding hydrogens is 424 g/mol. The van der Waals surface area contributed by atoms with Crippen LogP contribution in [0.25, 0.3) is 11.4 Å². The van der Waals surface area contributed by atoms with E-state index in [1.54, 1.807) is 11.6 Å². The fourth-order valence-electron chi connectivity index (χ4n) is 4.33. The van der Waals surface area contributed by atoms with Gasteiger partial charge in [-0.3, -0.25) is 9.36 Å². The molecule has 0 amide bonds. The van der Waals surface area contributed by atoms with Crippen molar-refractivity contribution in [2.45, 2.75) is 32.4 Å². The molecule has 2 atom stereocenters. The number of halogens is 1. The average Bonchev–Trinajstić information content (AvgIpc) is 3.11. The van der Waals surface area contributed by atoms with Gasteiger partial charge in [-0.15, -0.1) is 0 Å². The van der Waals surface area contributed by atoms with Crippen LogP contribution in [0, 0.1) is 6.92 Å². The molecule has 32 heavy (non-hydrogen) atoms. The number of rotatable bonds is 6. The molecule has 0 saturated heterocycles. The Bertz CT molecular complexity index is 1210. The Morgan fingerprint density at radius 1 is 1.25 bits per heavy atom. The number of hydrogen-bond donors (Lipinski definition) is 1. The fraction of sp³-hybridized carbons (Fsp3) is 0.360. The molecule has 0 saturated carbocycles. The number of nitrogens with zero attached hydrogens (tertiary/aromatic N) is 3. The van der Waals surface area contributed by atoms with Crippen molar-refractivity contribution in [2.75, 3.05) is 30.9 Å². The van der Waals surface area contributed by atoms with Crippen molar-refractivity contribution < 1.29 is 4.74 Å². The number of nitrogens with one attached hydrogen (secondary N) is 1. The molecule has 7 heteroatoms. The summed E-state index contributed by atoms with van der Waals surface area (Å²) in [5.41, 5.74) is 5.11. The van der Waals surface area contributed by atoms with Crippen molar-refractivity contribution in [1.29, 1.82) is 0 Å². The van der Waals surface area contributed by atoms with Gasteiger partial charge >= 0.3 is 0 Å². The van der Waals surface area contributed by atoms with Gasteiger partial charge in [-0.1, -0.05) is 35.9 Å². The molecule has 1 N–H and O–H groups in total. The third kappa shape index (κ3) is 4.00. The monoisotopic (exact) mass is 452 g/mol. The molecule has 1 aromatic heterocycles. The van der Waals surface area contributed by atoms with Crippen LogP contribution in [0.5, 0.6) is 0 Å². The number of fused-ring (bicyclic) bond motifs is 1. The molecule has 0 spiro atoms. The maximum Gasteiger partial charge on any atom is 0.277 e. The van der Waals surface area contributed by atoms with Crippen LogP contribution < -0.4 is 15.8 Å². The predicted molar refractivity (Wildman–Crippen MR) is 131 cm³/mol. The highest BCUT2D eigenvalue weighted by molar-refractivity contribution is 6.33. The van der Waals surface area contributed by atoms with E-state index in [0.29, 0.717) is 28.8 Å². The van der Waals surface area contributed by atoms with E-state index in [1.165, 1.54) is 11.1 Å². The van der Waals surface area contributed by atoms with Gasteiger partial charge < -0.3 is 15.0 Å². The Morgan fingerprint density at radius 2 is 2.00 bits per heavy atom. The molecule has 4 rings (SSSR count). The Hall–Kier alpha value is -2.83. The van der Waals surface area contributed by atoms with Crippen molar-refractivity contribution in [3.8, 4) is 11.4 Å². The van der Waals surface area contributed by atoms with Crippen LogP contribution in [-0.4, -0.2) is 36.4 Å². The molecule has 2 aromatic carbocycles. The van der Waals surface area contributed by atoms with Crippen molar-refractivity contribution in [3.63, 3.8) is 0 Å². The van der Waals surface area contributed by atoms with Gasteiger partial charge in [0.2, 0.25) is 0 Å². The molecule has 0 bridgehead atoms. The number of hydrogen-bond acceptors (Lipinski definition) is 5. The summed E-state index contributed by atoms with van der Waals surface area (Å²) in [5.74, 6) is 0.543. The fourth-order valence-corrected chi connectivity index (χ4v) is 4.59. The highest BCUT2D eigenvalue weighted by Gasteiger charge is 2.34. The highest BCUT2D eigenvalue weighted by atomic mass is 35.5. The Balaban J connectivity index is 1.73. The van der Waals surface area contributed by atoms with E-state index >= 15 is 0 Å². The van der Waals surface area contributed by atoms with Gasteiger partial charge in [0.05, 0.1) is 22.9 Å². The van der Waals surface area contributed by atoms with Gasteiger partial charge in [0.15, 0.2) is 0 Å². The van der Waals surface area contributed by atoms with E-state index in [1.807, 2.05) is 63.2 Å². The highest BCUT2D eigenvalue weighted by Crippen LogP contribution is 2.36. The zero-order valence-electron chi connectivity index (χ0n) is 19.1.